The SMILES string of the molecule is O=S(=O)(CCCCl)Nc1cccc(Oc2cccc3cccnc23)c1. The second-order valence-electron chi connectivity index (χ2n) is 5.42. The van der Waals surface area contributed by atoms with Crippen LogP contribution in [-0.2, 0) is 10.0 Å². The van der Waals surface area contributed by atoms with Gasteiger partial charge in [-0.25, -0.2) is 8.42 Å². The van der Waals surface area contributed by atoms with E-state index in [4.69, 9.17) is 16.3 Å². The Bertz CT molecular complexity index is 971. The number of aromatic nitrogens is 1. The summed E-state index contributed by atoms with van der Waals surface area (Å²) in [6, 6.07) is 16.3. The third-order valence-electron chi connectivity index (χ3n) is 3.48. The van der Waals surface area contributed by atoms with Crippen molar-refractivity contribution in [3.63, 3.8) is 0 Å². The molecule has 7 heteroatoms. The maximum Gasteiger partial charge on any atom is 0.232 e. The Balaban J connectivity index is 1.82. The van der Waals surface area contributed by atoms with Gasteiger partial charge in [0.15, 0.2) is 5.75 Å². The molecule has 3 rings (SSSR count). The molecule has 0 atom stereocenters. The Labute approximate surface area is 151 Å². The van der Waals surface area contributed by atoms with E-state index in [-0.39, 0.29) is 5.75 Å². The molecular weight excluding hydrogens is 360 g/mol. The molecule has 0 aliphatic rings. The van der Waals surface area contributed by atoms with Gasteiger partial charge in [-0.3, -0.25) is 9.71 Å². The van der Waals surface area contributed by atoms with E-state index >= 15 is 0 Å². The molecule has 2 aromatic carbocycles. The summed E-state index contributed by atoms with van der Waals surface area (Å²) in [6.45, 7) is 0. The summed E-state index contributed by atoms with van der Waals surface area (Å²) in [5, 5.41) is 0.970. The van der Waals surface area contributed by atoms with Gasteiger partial charge < -0.3 is 4.74 Å². The number of anilines is 1. The van der Waals surface area contributed by atoms with Crippen LogP contribution in [0.4, 0.5) is 5.69 Å². The number of nitrogens with zero attached hydrogens (tertiary/aromatic N) is 1. The molecule has 5 nitrogen and oxygen atoms in total. The van der Waals surface area contributed by atoms with Crippen molar-refractivity contribution in [1.29, 1.82) is 0 Å². The zero-order valence-electron chi connectivity index (χ0n) is 13.4. The molecule has 0 amide bonds. The molecule has 1 aromatic heterocycles. The highest BCUT2D eigenvalue weighted by atomic mass is 35.5. The highest BCUT2D eigenvalue weighted by Gasteiger charge is 2.11. The highest BCUT2D eigenvalue weighted by molar-refractivity contribution is 7.92. The van der Waals surface area contributed by atoms with Gasteiger partial charge in [0.2, 0.25) is 10.0 Å². The maximum atomic E-state index is 12.0. The molecule has 0 aliphatic carbocycles. The van der Waals surface area contributed by atoms with Gasteiger partial charge in [-0.1, -0.05) is 24.3 Å². The van der Waals surface area contributed by atoms with Crippen LogP contribution in [0.15, 0.2) is 60.8 Å². The molecule has 3 aromatic rings. The lowest BCUT2D eigenvalue weighted by Crippen LogP contribution is -2.16. The van der Waals surface area contributed by atoms with Crippen molar-refractivity contribution in [3.8, 4) is 11.5 Å². The zero-order valence-corrected chi connectivity index (χ0v) is 14.9. The lowest BCUT2D eigenvalue weighted by Gasteiger charge is -2.11. The third kappa shape index (κ3) is 4.61. The Morgan fingerprint density at radius 1 is 1.08 bits per heavy atom. The number of halogens is 1. The quantitative estimate of drug-likeness (QED) is 0.620. The molecule has 0 aliphatic heterocycles. The lowest BCUT2D eigenvalue weighted by molar-refractivity contribution is 0.487. The van der Waals surface area contributed by atoms with Crippen LogP contribution >= 0.6 is 11.6 Å². The van der Waals surface area contributed by atoms with Crippen LogP contribution in [0, 0.1) is 0 Å². The van der Waals surface area contributed by atoms with Gasteiger partial charge in [-0.15, -0.1) is 11.6 Å². The molecule has 0 unspecified atom stereocenters. The van der Waals surface area contributed by atoms with E-state index in [0.717, 1.165) is 10.9 Å². The number of hydrogen-bond acceptors (Lipinski definition) is 4. The summed E-state index contributed by atoms with van der Waals surface area (Å²) in [5.74, 6) is 1.42. The first kappa shape index (κ1) is 17.5. The first-order chi connectivity index (χ1) is 12.1. The summed E-state index contributed by atoms with van der Waals surface area (Å²) < 4.78 is 32.4. The average molecular weight is 377 g/mol. The predicted octanol–water partition coefficient (Wildman–Crippen LogP) is 4.40. The summed E-state index contributed by atoms with van der Waals surface area (Å²) in [5.41, 5.74) is 1.19. The number of sulfonamides is 1. The van der Waals surface area contributed by atoms with Crippen LogP contribution in [0.3, 0.4) is 0 Å². The minimum absolute atomic E-state index is 0.0190. The van der Waals surface area contributed by atoms with Crippen molar-refractivity contribution >= 4 is 38.2 Å². The summed E-state index contributed by atoms with van der Waals surface area (Å²) in [4.78, 5) is 4.34. The van der Waals surface area contributed by atoms with Gasteiger partial charge >= 0.3 is 0 Å². The molecule has 0 saturated heterocycles. The van der Waals surface area contributed by atoms with Crippen LogP contribution in [0.25, 0.3) is 10.9 Å². The van der Waals surface area contributed by atoms with E-state index in [2.05, 4.69) is 9.71 Å². The van der Waals surface area contributed by atoms with E-state index in [0.29, 0.717) is 29.5 Å². The van der Waals surface area contributed by atoms with Crippen LogP contribution in [0.1, 0.15) is 6.42 Å². The fraction of sp³-hybridized carbons (Fsp3) is 0.167. The first-order valence-electron chi connectivity index (χ1n) is 7.75. The van der Waals surface area contributed by atoms with Crippen LogP contribution < -0.4 is 9.46 Å². The Hall–Kier alpha value is -2.31. The largest absolute Gasteiger partial charge is 0.455 e. The predicted molar refractivity (Wildman–Crippen MR) is 101 cm³/mol. The fourth-order valence-electron chi connectivity index (χ4n) is 2.38. The Morgan fingerprint density at radius 2 is 1.88 bits per heavy atom. The number of rotatable bonds is 7. The number of ether oxygens (including phenoxy) is 1. The number of nitrogens with one attached hydrogen (secondary N) is 1. The maximum absolute atomic E-state index is 12.0. The van der Waals surface area contributed by atoms with Crippen molar-refractivity contribution in [2.24, 2.45) is 0 Å². The van der Waals surface area contributed by atoms with E-state index in [1.165, 1.54) is 0 Å². The van der Waals surface area contributed by atoms with Crippen LogP contribution in [0.2, 0.25) is 0 Å². The highest BCUT2D eigenvalue weighted by Crippen LogP contribution is 2.29. The van der Waals surface area contributed by atoms with Gasteiger partial charge in [-0.05, 0) is 30.7 Å². The minimum atomic E-state index is -3.42. The molecule has 0 radical (unpaired) electrons. The number of hydrogen-bond donors (Lipinski definition) is 1. The number of para-hydroxylation sites is 1. The standard InChI is InChI=1S/C18H17ClN2O3S/c19-10-4-12-25(22,23)21-15-7-2-8-16(13-15)24-17-9-1-5-14-6-3-11-20-18(14)17/h1-3,5-9,11,13,21H,4,10,12H2. The Morgan fingerprint density at radius 3 is 2.72 bits per heavy atom. The smallest absolute Gasteiger partial charge is 0.232 e. The van der Waals surface area contributed by atoms with Crippen molar-refractivity contribution in [1.82, 2.24) is 4.98 Å². The van der Waals surface area contributed by atoms with E-state index in [1.54, 1.807) is 30.5 Å². The Kier molecular flexibility index (Phi) is 5.40. The molecule has 0 saturated carbocycles. The molecule has 0 spiro atoms. The van der Waals surface area contributed by atoms with Crippen molar-refractivity contribution in [2.75, 3.05) is 16.4 Å². The van der Waals surface area contributed by atoms with Crippen LogP contribution in [-0.4, -0.2) is 25.0 Å². The summed E-state index contributed by atoms with van der Waals surface area (Å²) in [7, 11) is -3.42. The van der Waals surface area contributed by atoms with Gasteiger partial charge in [0.1, 0.15) is 11.3 Å². The number of alkyl halides is 1. The molecule has 130 valence electrons. The third-order valence-corrected chi connectivity index (χ3v) is 5.12. The lowest BCUT2D eigenvalue weighted by atomic mass is 10.2. The fourth-order valence-corrected chi connectivity index (χ4v) is 3.79. The van der Waals surface area contributed by atoms with Crippen molar-refractivity contribution in [3.05, 3.63) is 60.8 Å². The normalized spacial score (nSPS) is 11.4. The number of benzene rings is 2. The molecule has 1 N–H and O–H groups in total. The first-order valence-corrected chi connectivity index (χ1v) is 9.94. The molecule has 25 heavy (non-hydrogen) atoms. The topological polar surface area (TPSA) is 68.3 Å². The summed E-state index contributed by atoms with van der Waals surface area (Å²) in [6.07, 6.45) is 2.10. The van der Waals surface area contributed by atoms with Gasteiger partial charge in [0, 0.05) is 23.5 Å². The molecule has 0 bridgehead atoms. The van der Waals surface area contributed by atoms with Gasteiger partial charge in [0.05, 0.1) is 11.4 Å². The number of fused-ring (bicyclic) bond motifs is 1. The molecule has 1 heterocycles. The van der Waals surface area contributed by atoms with E-state index < -0.39 is 10.0 Å². The minimum Gasteiger partial charge on any atom is -0.455 e. The van der Waals surface area contributed by atoms with Crippen molar-refractivity contribution < 1.29 is 13.2 Å². The molecule has 0 fully saturated rings. The van der Waals surface area contributed by atoms with E-state index in [9.17, 15) is 8.42 Å². The zero-order chi connectivity index (χ0) is 17.7. The van der Waals surface area contributed by atoms with Gasteiger partial charge in [-0.2, -0.15) is 0 Å². The summed E-state index contributed by atoms with van der Waals surface area (Å²) >= 11 is 5.56. The molecular formula is C18H17ClN2O3S. The number of pyridine rings is 1. The second kappa shape index (κ2) is 7.72. The van der Waals surface area contributed by atoms with Gasteiger partial charge in [0.25, 0.3) is 0 Å². The van der Waals surface area contributed by atoms with E-state index in [1.807, 2.05) is 30.3 Å². The van der Waals surface area contributed by atoms with Crippen molar-refractivity contribution in [2.45, 2.75) is 6.42 Å². The van der Waals surface area contributed by atoms with Crippen LogP contribution in [0.5, 0.6) is 11.5 Å². The second-order valence-corrected chi connectivity index (χ2v) is 7.64. The monoisotopic (exact) mass is 376 g/mol. The average Bonchev–Trinajstić information content (AvgIpc) is 2.60.